The molecule has 7 heteroatoms. The predicted molar refractivity (Wildman–Crippen MR) is 98.2 cm³/mol. The Kier molecular flexibility index (Phi) is 6.02. The molecule has 1 aliphatic rings. The van der Waals surface area contributed by atoms with Crippen LogP contribution in [0.15, 0.2) is 35.5 Å². The zero-order valence-electron chi connectivity index (χ0n) is 15.6. The van der Waals surface area contributed by atoms with E-state index in [0.29, 0.717) is 25.2 Å². The van der Waals surface area contributed by atoms with E-state index < -0.39 is 11.7 Å². The molecule has 1 aromatic rings. The minimum Gasteiger partial charge on any atom is -0.465 e. The number of nitrogens with zero attached hydrogens (tertiary/aromatic N) is 1. The van der Waals surface area contributed by atoms with Crippen LogP contribution in [0.25, 0.3) is 0 Å². The molecule has 0 atom stereocenters. The minimum atomic E-state index is -0.563. The molecule has 1 aliphatic heterocycles. The zero-order valence-corrected chi connectivity index (χ0v) is 15.6. The molecule has 2 rings (SSSR count). The van der Waals surface area contributed by atoms with Gasteiger partial charge in [-0.25, -0.2) is 9.59 Å². The van der Waals surface area contributed by atoms with Crippen molar-refractivity contribution in [3.05, 3.63) is 46.7 Å². The number of benzene rings is 1. The van der Waals surface area contributed by atoms with Gasteiger partial charge in [0.05, 0.1) is 25.8 Å². The normalized spacial score (nSPS) is 14.2. The topological polar surface area (TPSA) is 91.7 Å². The molecule has 2 N–H and O–H groups in total. The van der Waals surface area contributed by atoms with E-state index in [1.54, 1.807) is 23.1 Å². The number of nitrogens with one attached hydrogen (secondary N) is 2. The Hall–Kier alpha value is -2.83. The first kappa shape index (κ1) is 19.5. The summed E-state index contributed by atoms with van der Waals surface area (Å²) in [5, 5.41) is 10.8. The molecular weight excluding hydrogens is 334 g/mol. The monoisotopic (exact) mass is 359 g/mol. The van der Waals surface area contributed by atoms with Gasteiger partial charge >= 0.3 is 12.1 Å². The number of rotatable bonds is 5. The Morgan fingerprint density at radius 1 is 1.31 bits per heavy atom. The number of esters is 1. The van der Waals surface area contributed by atoms with Crippen molar-refractivity contribution in [3.8, 4) is 0 Å². The Morgan fingerprint density at radius 3 is 2.65 bits per heavy atom. The second-order valence-electron chi connectivity index (χ2n) is 7.03. The first-order valence-electron chi connectivity index (χ1n) is 8.35. The summed E-state index contributed by atoms with van der Waals surface area (Å²) in [5.74, 6) is -0.386. The number of carbonyl (C=O) groups is 2. The quantitative estimate of drug-likeness (QED) is 0.623. The molecule has 140 valence electrons. The van der Waals surface area contributed by atoms with E-state index in [4.69, 9.17) is 14.9 Å². The Bertz CT molecular complexity index is 735. The number of methoxy groups -OCH3 is 1. The van der Waals surface area contributed by atoms with Crippen LogP contribution in [-0.2, 0) is 16.0 Å². The van der Waals surface area contributed by atoms with Crippen LogP contribution in [0.2, 0.25) is 0 Å². The molecule has 0 saturated heterocycles. The van der Waals surface area contributed by atoms with Crippen LogP contribution in [0.4, 0.5) is 4.79 Å². The summed E-state index contributed by atoms with van der Waals surface area (Å²) >= 11 is 0. The standard InChI is InChI=1S/C19H25N3O4/c1-19(2,3)26-18(24)22-11-15(9-20)16(12-22)21-10-13-6-5-7-14(8-13)17(23)25-4/h5-9,20-21H,10-12H2,1-4H3. The van der Waals surface area contributed by atoms with Gasteiger partial charge in [-0.15, -0.1) is 0 Å². The number of amides is 1. The molecule has 1 aromatic carbocycles. The molecule has 0 aliphatic carbocycles. The maximum atomic E-state index is 12.2. The molecule has 0 fully saturated rings. The Morgan fingerprint density at radius 2 is 2.04 bits per heavy atom. The molecular formula is C19H25N3O4. The number of ether oxygens (including phenoxy) is 2. The molecule has 7 nitrogen and oxygen atoms in total. The van der Waals surface area contributed by atoms with E-state index >= 15 is 0 Å². The average molecular weight is 359 g/mol. The number of hydrogen-bond acceptors (Lipinski definition) is 6. The summed E-state index contributed by atoms with van der Waals surface area (Å²) in [6.45, 7) is 6.62. The summed E-state index contributed by atoms with van der Waals surface area (Å²) in [4.78, 5) is 25.4. The largest absolute Gasteiger partial charge is 0.465 e. The van der Waals surface area contributed by atoms with Crippen LogP contribution in [-0.4, -0.2) is 49.0 Å². The lowest BCUT2D eigenvalue weighted by Gasteiger charge is -2.24. The van der Waals surface area contributed by atoms with Gasteiger partial charge in [-0.05, 0) is 38.5 Å². The highest BCUT2D eigenvalue weighted by Gasteiger charge is 2.28. The van der Waals surface area contributed by atoms with Crippen molar-refractivity contribution in [2.45, 2.75) is 32.9 Å². The van der Waals surface area contributed by atoms with Crippen molar-refractivity contribution in [1.82, 2.24) is 10.2 Å². The van der Waals surface area contributed by atoms with Gasteiger partial charge in [-0.3, -0.25) is 4.90 Å². The van der Waals surface area contributed by atoms with Crippen molar-refractivity contribution >= 4 is 18.3 Å². The summed E-state index contributed by atoms with van der Waals surface area (Å²) in [5.41, 5.74) is 2.36. The average Bonchev–Trinajstić information content (AvgIpc) is 3.01. The molecule has 0 saturated carbocycles. The highest BCUT2D eigenvalue weighted by molar-refractivity contribution is 5.89. The molecule has 0 unspecified atom stereocenters. The summed E-state index contributed by atoms with van der Waals surface area (Å²) in [6.07, 6.45) is 0.846. The van der Waals surface area contributed by atoms with Gasteiger partial charge in [0, 0.05) is 24.0 Å². The first-order valence-corrected chi connectivity index (χ1v) is 8.35. The van der Waals surface area contributed by atoms with E-state index in [1.807, 2.05) is 26.8 Å². The van der Waals surface area contributed by atoms with E-state index in [9.17, 15) is 9.59 Å². The molecule has 0 spiro atoms. The molecule has 1 amide bonds. The number of carbonyl (C=O) groups excluding carboxylic acids is 2. The predicted octanol–water partition coefficient (Wildman–Crippen LogP) is 2.72. The van der Waals surface area contributed by atoms with Crippen molar-refractivity contribution in [3.63, 3.8) is 0 Å². The van der Waals surface area contributed by atoms with E-state index in [2.05, 4.69) is 5.32 Å². The smallest absolute Gasteiger partial charge is 0.410 e. The lowest BCUT2D eigenvalue weighted by Crippen LogP contribution is -2.36. The SMILES string of the molecule is COC(=O)c1cccc(CNC2=C(C=N)CN(C(=O)OC(C)(C)C)C2)c1. The van der Waals surface area contributed by atoms with Crippen LogP contribution in [0.1, 0.15) is 36.7 Å². The van der Waals surface area contributed by atoms with Crippen molar-refractivity contribution in [2.75, 3.05) is 20.2 Å². The maximum Gasteiger partial charge on any atom is 0.410 e. The third-order valence-electron chi connectivity index (χ3n) is 3.78. The lowest BCUT2D eigenvalue weighted by atomic mass is 10.1. The van der Waals surface area contributed by atoms with E-state index in [1.165, 1.54) is 13.3 Å². The second kappa shape index (κ2) is 8.03. The summed E-state index contributed by atoms with van der Waals surface area (Å²) < 4.78 is 10.1. The van der Waals surface area contributed by atoms with Crippen LogP contribution >= 0.6 is 0 Å². The zero-order chi connectivity index (χ0) is 19.3. The van der Waals surface area contributed by atoms with Crippen LogP contribution in [0.5, 0.6) is 0 Å². The van der Waals surface area contributed by atoms with Gasteiger partial charge in [0.2, 0.25) is 0 Å². The van der Waals surface area contributed by atoms with Crippen molar-refractivity contribution in [1.29, 1.82) is 5.41 Å². The van der Waals surface area contributed by atoms with Crippen molar-refractivity contribution < 1.29 is 19.1 Å². The molecule has 0 radical (unpaired) electrons. The van der Waals surface area contributed by atoms with Crippen LogP contribution in [0.3, 0.4) is 0 Å². The fraction of sp³-hybridized carbons (Fsp3) is 0.421. The summed E-state index contributed by atoms with van der Waals surface area (Å²) in [7, 11) is 1.35. The fourth-order valence-electron chi connectivity index (χ4n) is 2.54. The number of hydrogen-bond donors (Lipinski definition) is 2. The van der Waals surface area contributed by atoms with Gasteiger partial charge in [0.15, 0.2) is 0 Å². The third-order valence-corrected chi connectivity index (χ3v) is 3.78. The van der Waals surface area contributed by atoms with Crippen molar-refractivity contribution in [2.24, 2.45) is 0 Å². The highest BCUT2D eigenvalue weighted by Crippen LogP contribution is 2.18. The van der Waals surface area contributed by atoms with Gasteiger partial charge in [-0.1, -0.05) is 12.1 Å². The van der Waals surface area contributed by atoms with Crippen LogP contribution < -0.4 is 5.32 Å². The second-order valence-corrected chi connectivity index (χ2v) is 7.03. The molecule has 1 heterocycles. The first-order chi connectivity index (χ1) is 12.2. The molecule has 0 bridgehead atoms. The Balaban J connectivity index is 2.01. The van der Waals surface area contributed by atoms with Gasteiger partial charge in [-0.2, -0.15) is 0 Å². The summed E-state index contributed by atoms with van der Waals surface area (Å²) in [6, 6.07) is 7.13. The lowest BCUT2D eigenvalue weighted by molar-refractivity contribution is 0.0299. The van der Waals surface area contributed by atoms with E-state index in [-0.39, 0.29) is 5.97 Å². The molecule has 26 heavy (non-hydrogen) atoms. The van der Waals surface area contributed by atoms with Gasteiger partial charge < -0.3 is 20.2 Å². The van der Waals surface area contributed by atoms with Crippen LogP contribution in [0, 0.1) is 5.41 Å². The van der Waals surface area contributed by atoms with Gasteiger partial charge in [0.25, 0.3) is 0 Å². The maximum absolute atomic E-state index is 12.2. The fourth-order valence-corrected chi connectivity index (χ4v) is 2.54. The third kappa shape index (κ3) is 5.08. The Labute approximate surface area is 153 Å². The van der Waals surface area contributed by atoms with Gasteiger partial charge in [0.1, 0.15) is 5.60 Å². The highest BCUT2D eigenvalue weighted by atomic mass is 16.6. The minimum absolute atomic E-state index is 0.336. The molecule has 0 aromatic heterocycles. The van der Waals surface area contributed by atoms with E-state index in [0.717, 1.165) is 16.8 Å².